The van der Waals surface area contributed by atoms with Gasteiger partial charge in [0.05, 0.1) is 21.2 Å². The number of thiophene rings is 1. The fraction of sp³-hybridized carbons (Fsp3) is 0.217. The Morgan fingerprint density at radius 3 is 2.55 bits per heavy atom. The van der Waals surface area contributed by atoms with E-state index >= 15 is 0 Å². The van der Waals surface area contributed by atoms with Crippen LogP contribution in [0.1, 0.15) is 28.2 Å². The second-order valence-corrected chi connectivity index (χ2v) is 10.9. The molecule has 1 amide bonds. The van der Waals surface area contributed by atoms with Gasteiger partial charge in [-0.1, -0.05) is 6.07 Å². The lowest BCUT2D eigenvalue weighted by Gasteiger charge is -2.16. The Morgan fingerprint density at radius 2 is 1.82 bits per heavy atom. The molecule has 5 rings (SSSR count). The first kappa shape index (κ1) is 21.7. The van der Waals surface area contributed by atoms with Gasteiger partial charge in [-0.3, -0.25) is 4.79 Å². The molecular weight excluding hydrogens is 463 g/mol. The zero-order chi connectivity index (χ0) is 23.2. The number of benzene rings is 2. The first-order valence-corrected chi connectivity index (χ1v) is 12.8. The summed E-state index contributed by atoms with van der Waals surface area (Å²) in [6.07, 6.45) is 1.72. The van der Waals surface area contributed by atoms with Gasteiger partial charge in [0, 0.05) is 24.2 Å². The number of aryl methyl sites for hydroxylation is 1. The lowest BCUT2D eigenvalue weighted by molar-refractivity contribution is 0.103. The molecule has 1 aliphatic heterocycles. The van der Waals surface area contributed by atoms with E-state index in [1.807, 2.05) is 6.92 Å². The van der Waals surface area contributed by atoms with Crippen LogP contribution in [0.15, 0.2) is 59.5 Å². The third-order valence-corrected chi connectivity index (χ3v) is 8.64. The number of carbonyl (C=O) groups is 1. The molecule has 2 aromatic heterocycles. The molecule has 3 heterocycles. The Hall–Kier alpha value is -3.08. The topological polar surface area (TPSA) is 84.3 Å². The van der Waals surface area contributed by atoms with Crippen molar-refractivity contribution in [1.29, 1.82) is 0 Å². The second kappa shape index (κ2) is 8.36. The van der Waals surface area contributed by atoms with E-state index < -0.39 is 10.0 Å². The van der Waals surface area contributed by atoms with Gasteiger partial charge in [0.2, 0.25) is 10.0 Å². The van der Waals surface area contributed by atoms with Gasteiger partial charge in [-0.05, 0) is 68.3 Å². The number of sulfonamides is 1. The van der Waals surface area contributed by atoms with Crippen LogP contribution in [0.2, 0.25) is 0 Å². The Kier molecular flexibility index (Phi) is 5.51. The molecule has 1 aliphatic rings. The van der Waals surface area contributed by atoms with E-state index in [1.54, 1.807) is 41.1 Å². The third-order valence-electron chi connectivity index (χ3n) is 5.63. The van der Waals surface area contributed by atoms with Crippen molar-refractivity contribution < 1.29 is 17.6 Å². The van der Waals surface area contributed by atoms with Crippen LogP contribution in [0.4, 0.5) is 10.1 Å². The van der Waals surface area contributed by atoms with Crippen molar-refractivity contribution in [3.63, 3.8) is 0 Å². The SMILES string of the molecule is Cc1nn(-c2ccc(F)cc2)c2sc(C(=O)Nc3cccc(S(=O)(=O)N4CCCC4)c3)cc12. The van der Waals surface area contributed by atoms with Crippen LogP contribution in [0.5, 0.6) is 0 Å². The highest BCUT2D eigenvalue weighted by Crippen LogP contribution is 2.31. The van der Waals surface area contributed by atoms with Crippen molar-refractivity contribution >= 4 is 43.2 Å². The molecule has 7 nitrogen and oxygen atoms in total. The Bertz CT molecular complexity index is 1450. The van der Waals surface area contributed by atoms with Gasteiger partial charge in [0.1, 0.15) is 10.6 Å². The van der Waals surface area contributed by atoms with Crippen molar-refractivity contribution in [2.24, 2.45) is 0 Å². The van der Waals surface area contributed by atoms with Crippen molar-refractivity contribution in [3.05, 3.63) is 71.0 Å². The minimum absolute atomic E-state index is 0.168. The number of anilines is 1. The molecule has 0 bridgehead atoms. The summed E-state index contributed by atoms with van der Waals surface area (Å²) in [4.78, 5) is 14.4. The maximum Gasteiger partial charge on any atom is 0.265 e. The standard InChI is InChI=1S/C23H21FN4O3S2/c1-15-20-14-21(32-23(20)28(26-15)18-9-7-16(24)8-10-18)22(29)25-17-5-4-6-19(13-17)33(30,31)27-11-2-3-12-27/h4-10,13-14H,2-3,11-12H2,1H3,(H,25,29). The minimum Gasteiger partial charge on any atom is -0.321 e. The lowest BCUT2D eigenvalue weighted by atomic mass is 10.3. The monoisotopic (exact) mass is 484 g/mol. The number of nitrogens with zero attached hydrogens (tertiary/aromatic N) is 3. The highest BCUT2D eigenvalue weighted by Gasteiger charge is 2.27. The normalized spacial score (nSPS) is 14.7. The summed E-state index contributed by atoms with van der Waals surface area (Å²) in [5.74, 6) is -0.670. The number of aromatic nitrogens is 2. The van der Waals surface area contributed by atoms with Crippen molar-refractivity contribution in [2.45, 2.75) is 24.7 Å². The molecule has 0 unspecified atom stereocenters. The Labute approximate surface area is 194 Å². The van der Waals surface area contributed by atoms with E-state index in [9.17, 15) is 17.6 Å². The number of amides is 1. The molecule has 1 saturated heterocycles. The van der Waals surface area contributed by atoms with Gasteiger partial charge in [-0.2, -0.15) is 9.40 Å². The van der Waals surface area contributed by atoms with Crippen LogP contribution >= 0.6 is 11.3 Å². The van der Waals surface area contributed by atoms with Gasteiger partial charge in [-0.25, -0.2) is 17.5 Å². The first-order valence-electron chi connectivity index (χ1n) is 10.5. The molecule has 10 heteroatoms. The minimum atomic E-state index is -3.57. The summed E-state index contributed by atoms with van der Waals surface area (Å²) in [6.45, 7) is 2.89. The first-order chi connectivity index (χ1) is 15.8. The van der Waals surface area contributed by atoms with Gasteiger partial charge in [0.15, 0.2) is 0 Å². The van der Waals surface area contributed by atoms with Crippen LogP contribution in [0.3, 0.4) is 0 Å². The second-order valence-electron chi connectivity index (χ2n) is 7.90. The number of rotatable bonds is 5. The van der Waals surface area contributed by atoms with E-state index in [1.165, 1.54) is 33.8 Å². The predicted molar refractivity (Wildman–Crippen MR) is 126 cm³/mol. The van der Waals surface area contributed by atoms with Crippen LogP contribution in [0.25, 0.3) is 15.9 Å². The van der Waals surface area contributed by atoms with Crippen molar-refractivity contribution in [2.75, 3.05) is 18.4 Å². The van der Waals surface area contributed by atoms with Gasteiger partial charge in [-0.15, -0.1) is 11.3 Å². The summed E-state index contributed by atoms with van der Waals surface area (Å²) < 4.78 is 42.1. The Balaban J connectivity index is 1.42. The summed E-state index contributed by atoms with van der Waals surface area (Å²) in [6, 6.07) is 14.1. The van der Waals surface area contributed by atoms with Gasteiger partial charge in [0.25, 0.3) is 5.91 Å². The molecule has 0 spiro atoms. The molecule has 170 valence electrons. The highest BCUT2D eigenvalue weighted by atomic mass is 32.2. The van der Waals surface area contributed by atoms with E-state index in [-0.39, 0.29) is 16.6 Å². The molecule has 0 atom stereocenters. The third kappa shape index (κ3) is 4.05. The molecule has 4 aromatic rings. The lowest BCUT2D eigenvalue weighted by Crippen LogP contribution is -2.27. The number of halogens is 1. The maximum absolute atomic E-state index is 13.3. The van der Waals surface area contributed by atoms with E-state index in [0.717, 1.165) is 28.8 Å². The largest absolute Gasteiger partial charge is 0.321 e. The molecule has 0 saturated carbocycles. The number of nitrogens with one attached hydrogen (secondary N) is 1. The van der Waals surface area contributed by atoms with Crippen LogP contribution in [-0.4, -0.2) is 41.5 Å². The molecule has 33 heavy (non-hydrogen) atoms. The summed E-state index contributed by atoms with van der Waals surface area (Å²) in [5, 5.41) is 8.15. The highest BCUT2D eigenvalue weighted by molar-refractivity contribution is 7.89. The summed E-state index contributed by atoms with van der Waals surface area (Å²) in [7, 11) is -3.57. The molecule has 0 aliphatic carbocycles. The Morgan fingerprint density at radius 1 is 1.09 bits per heavy atom. The fourth-order valence-electron chi connectivity index (χ4n) is 3.92. The summed E-state index contributed by atoms with van der Waals surface area (Å²) >= 11 is 1.27. The average Bonchev–Trinajstić information content (AvgIpc) is 3.54. The van der Waals surface area contributed by atoms with Crippen molar-refractivity contribution in [1.82, 2.24) is 14.1 Å². The number of hydrogen-bond donors (Lipinski definition) is 1. The number of hydrogen-bond acceptors (Lipinski definition) is 5. The van der Waals surface area contributed by atoms with Gasteiger partial charge >= 0.3 is 0 Å². The van der Waals surface area contributed by atoms with Crippen LogP contribution in [-0.2, 0) is 10.0 Å². The zero-order valence-corrected chi connectivity index (χ0v) is 19.4. The molecule has 0 radical (unpaired) electrons. The van der Waals surface area contributed by atoms with Crippen LogP contribution in [0, 0.1) is 12.7 Å². The molecule has 1 fully saturated rings. The van der Waals surface area contributed by atoms with Crippen molar-refractivity contribution in [3.8, 4) is 5.69 Å². The fourth-order valence-corrected chi connectivity index (χ4v) is 6.56. The molecule has 1 N–H and O–H groups in total. The van der Waals surface area contributed by atoms with Gasteiger partial charge < -0.3 is 5.32 Å². The van der Waals surface area contributed by atoms with E-state index in [4.69, 9.17) is 0 Å². The maximum atomic E-state index is 13.3. The summed E-state index contributed by atoms with van der Waals surface area (Å²) in [5.41, 5.74) is 1.86. The zero-order valence-electron chi connectivity index (χ0n) is 17.8. The smallest absolute Gasteiger partial charge is 0.265 e. The average molecular weight is 485 g/mol. The quantitative estimate of drug-likeness (QED) is 0.450. The van der Waals surface area contributed by atoms with Crippen LogP contribution < -0.4 is 5.32 Å². The van der Waals surface area contributed by atoms with E-state index in [2.05, 4.69) is 10.4 Å². The number of carbonyl (C=O) groups excluding carboxylic acids is 1. The predicted octanol–water partition coefficient (Wildman–Crippen LogP) is 4.57. The number of fused-ring (bicyclic) bond motifs is 1. The van der Waals surface area contributed by atoms with E-state index in [0.29, 0.717) is 29.3 Å². The molecular formula is C23H21FN4O3S2. The molecule has 2 aromatic carbocycles.